The molecule has 0 saturated heterocycles. The molecular formula is C18H17ClFN3O2. The Labute approximate surface area is 149 Å². The fourth-order valence-corrected chi connectivity index (χ4v) is 2.76. The SMILES string of the molecule is COCCn1cc(NC(=O)Nc2ccc(F)c(Cl)c2)c2ccccc21. The minimum Gasteiger partial charge on any atom is -0.383 e. The van der Waals surface area contributed by atoms with Crippen LogP contribution in [0.5, 0.6) is 0 Å². The quantitative estimate of drug-likeness (QED) is 0.690. The van der Waals surface area contributed by atoms with Crippen LogP contribution in [0, 0.1) is 5.82 Å². The van der Waals surface area contributed by atoms with Gasteiger partial charge in [0.2, 0.25) is 0 Å². The molecule has 0 aliphatic carbocycles. The highest BCUT2D eigenvalue weighted by Gasteiger charge is 2.11. The summed E-state index contributed by atoms with van der Waals surface area (Å²) in [6.45, 7) is 1.24. The number of urea groups is 1. The Morgan fingerprint density at radius 2 is 2.04 bits per heavy atom. The molecular weight excluding hydrogens is 345 g/mol. The largest absolute Gasteiger partial charge is 0.383 e. The Bertz CT molecular complexity index is 910. The standard InChI is InChI=1S/C18H17ClFN3O2/c1-25-9-8-23-11-16(13-4-2-3-5-17(13)23)22-18(24)21-12-6-7-15(20)14(19)10-12/h2-7,10-11H,8-9H2,1H3,(H2,21,22,24). The molecule has 2 aromatic carbocycles. The van der Waals surface area contributed by atoms with Gasteiger partial charge >= 0.3 is 6.03 Å². The van der Waals surface area contributed by atoms with Gasteiger partial charge in [-0.15, -0.1) is 0 Å². The monoisotopic (exact) mass is 361 g/mol. The molecule has 0 unspecified atom stereocenters. The number of aromatic nitrogens is 1. The molecule has 1 heterocycles. The van der Waals surface area contributed by atoms with Crippen LogP contribution in [0.1, 0.15) is 0 Å². The second-order valence-corrected chi connectivity index (χ2v) is 5.86. The highest BCUT2D eigenvalue weighted by molar-refractivity contribution is 6.31. The molecule has 0 radical (unpaired) electrons. The van der Waals surface area contributed by atoms with E-state index in [4.69, 9.17) is 16.3 Å². The number of anilines is 2. The number of nitrogens with zero attached hydrogens (tertiary/aromatic N) is 1. The zero-order chi connectivity index (χ0) is 17.8. The molecule has 5 nitrogen and oxygen atoms in total. The summed E-state index contributed by atoms with van der Waals surface area (Å²) >= 11 is 5.73. The molecule has 3 rings (SSSR count). The third-order valence-electron chi connectivity index (χ3n) is 3.75. The van der Waals surface area contributed by atoms with E-state index in [9.17, 15) is 9.18 Å². The first kappa shape index (κ1) is 17.3. The van der Waals surface area contributed by atoms with Gasteiger partial charge in [-0.3, -0.25) is 0 Å². The van der Waals surface area contributed by atoms with Crippen molar-refractivity contribution >= 4 is 39.9 Å². The van der Waals surface area contributed by atoms with Crippen molar-refractivity contribution in [3.8, 4) is 0 Å². The van der Waals surface area contributed by atoms with Gasteiger partial charge in [-0.25, -0.2) is 9.18 Å². The number of halogens is 2. The summed E-state index contributed by atoms with van der Waals surface area (Å²) in [5.74, 6) is -0.533. The van der Waals surface area contributed by atoms with E-state index < -0.39 is 11.8 Å². The maximum absolute atomic E-state index is 13.2. The lowest BCUT2D eigenvalue weighted by Gasteiger charge is -2.07. The third kappa shape index (κ3) is 3.92. The number of hydrogen-bond acceptors (Lipinski definition) is 2. The van der Waals surface area contributed by atoms with Crippen LogP contribution in [0.25, 0.3) is 10.9 Å². The zero-order valence-electron chi connectivity index (χ0n) is 13.6. The van der Waals surface area contributed by atoms with E-state index in [-0.39, 0.29) is 5.02 Å². The summed E-state index contributed by atoms with van der Waals surface area (Å²) in [5.41, 5.74) is 2.09. The average molecular weight is 362 g/mol. The third-order valence-corrected chi connectivity index (χ3v) is 4.04. The number of hydrogen-bond donors (Lipinski definition) is 2. The van der Waals surface area contributed by atoms with E-state index >= 15 is 0 Å². The number of benzene rings is 2. The normalized spacial score (nSPS) is 10.8. The summed E-state index contributed by atoms with van der Waals surface area (Å²) in [4.78, 5) is 12.3. The lowest BCUT2D eigenvalue weighted by Crippen LogP contribution is -2.19. The Morgan fingerprint density at radius 3 is 2.80 bits per heavy atom. The van der Waals surface area contributed by atoms with Crippen LogP contribution < -0.4 is 10.6 Å². The van der Waals surface area contributed by atoms with Crippen molar-refractivity contribution in [1.82, 2.24) is 4.57 Å². The van der Waals surface area contributed by atoms with Crippen molar-refractivity contribution < 1.29 is 13.9 Å². The van der Waals surface area contributed by atoms with Crippen LogP contribution in [0.3, 0.4) is 0 Å². The molecule has 0 aliphatic heterocycles. The summed E-state index contributed by atoms with van der Waals surface area (Å²) in [5, 5.41) is 6.33. The molecule has 3 aromatic rings. The number of rotatable bonds is 5. The predicted molar refractivity (Wildman–Crippen MR) is 97.9 cm³/mol. The first-order chi connectivity index (χ1) is 12.1. The van der Waals surface area contributed by atoms with E-state index in [2.05, 4.69) is 10.6 Å². The van der Waals surface area contributed by atoms with Crippen LogP contribution in [0.15, 0.2) is 48.7 Å². The topological polar surface area (TPSA) is 55.3 Å². The molecule has 0 atom stereocenters. The first-order valence-electron chi connectivity index (χ1n) is 7.68. The highest BCUT2D eigenvalue weighted by Crippen LogP contribution is 2.26. The van der Waals surface area contributed by atoms with Gasteiger partial charge in [0, 0.05) is 30.9 Å². The average Bonchev–Trinajstić information content (AvgIpc) is 2.94. The van der Waals surface area contributed by atoms with Gasteiger partial charge in [0.1, 0.15) is 5.82 Å². The summed E-state index contributed by atoms with van der Waals surface area (Å²) in [7, 11) is 1.64. The first-order valence-corrected chi connectivity index (χ1v) is 8.06. The molecule has 1 aromatic heterocycles. The number of fused-ring (bicyclic) bond motifs is 1. The number of para-hydroxylation sites is 1. The second kappa shape index (κ2) is 7.55. The molecule has 7 heteroatoms. The fraction of sp³-hybridized carbons (Fsp3) is 0.167. The Kier molecular flexibility index (Phi) is 5.21. The lowest BCUT2D eigenvalue weighted by molar-refractivity contribution is 0.188. The van der Waals surface area contributed by atoms with E-state index in [0.717, 1.165) is 10.9 Å². The minimum atomic E-state index is -0.533. The molecule has 0 aliphatic rings. The molecule has 0 saturated carbocycles. The van der Waals surface area contributed by atoms with Crippen molar-refractivity contribution in [3.63, 3.8) is 0 Å². The smallest absolute Gasteiger partial charge is 0.323 e. The number of carbonyl (C=O) groups is 1. The van der Waals surface area contributed by atoms with Crippen LogP contribution in [-0.2, 0) is 11.3 Å². The Hall–Kier alpha value is -2.57. The summed E-state index contributed by atoms with van der Waals surface area (Å²) < 4.78 is 20.3. The van der Waals surface area contributed by atoms with Gasteiger partial charge in [0.15, 0.2) is 0 Å². The van der Waals surface area contributed by atoms with Crippen molar-refractivity contribution in [2.45, 2.75) is 6.54 Å². The summed E-state index contributed by atoms with van der Waals surface area (Å²) in [6.07, 6.45) is 1.86. The number of nitrogens with one attached hydrogen (secondary N) is 2. The van der Waals surface area contributed by atoms with E-state index in [1.54, 1.807) is 7.11 Å². The van der Waals surface area contributed by atoms with Crippen molar-refractivity contribution in [1.29, 1.82) is 0 Å². The van der Waals surface area contributed by atoms with E-state index in [0.29, 0.717) is 24.5 Å². The van der Waals surface area contributed by atoms with Gasteiger partial charge < -0.3 is 19.9 Å². The molecule has 0 spiro atoms. The van der Waals surface area contributed by atoms with Crippen LogP contribution in [0.2, 0.25) is 5.02 Å². The summed E-state index contributed by atoms with van der Waals surface area (Å²) in [6, 6.07) is 11.3. The van der Waals surface area contributed by atoms with E-state index in [1.807, 2.05) is 35.0 Å². The Morgan fingerprint density at radius 1 is 1.24 bits per heavy atom. The van der Waals surface area contributed by atoms with E-state index in [1.165, 1.54) is 18.2 Å². The number of methoxy groups -OCH3 is 1. The van der Waals surface area contributed by atoms with Crippen LogP contribution in [0.4, 0.5) is 20.6 Å². The molecule has 0 fully saturated rings. The number of ether oxygens (including phenoxy) is 1. The van der Waals surface area contributed by atoms with Crippen LogP contribution >= 0.6 is 11.6 Å². The van der Waals surface area contributed by atoms with Gasteiger partial charge in [-0.05, 0) is 24.3 Å². The maximum atomic E-state index is 13.2. The predicted octanol–water partition coefficient (Wildman–Crippen LogP) is 4.72. The second-order valence-electron chi connectivity index (χ2n) is 5.45. The minimum absolute atomic E-state index is 0.0473. The molecule has 0 bridgehead atoms. The lowest BCUT2D eigenvalue weighted by atomic mass is 10.2. The maximum Gasteiger partial charge on any atom is 0.323 e. The fourth-order valence-electron chi connectivity index (χ4n) is 2.58. The van der Waals surface area contributed by atoms with Gasteiger partial charge in [0.05, 0.1) is 22.8 Å². The van der Waals surface area contributed by atoms with Gasteiger partial charge in [-0.2, -0.15) is 0 Å². The zero-order valence-corrected chi connectivity index (χ0v) is 14.3. The Balaban J connectivity index is 1.79. The highest BCUT2D eigenvalue weighted by atomic mass is 35.5. The number of amides is 2. The van der Waals surface area contributed by atoms with Crippen molar-refractivity contribution in [2.75, 3.05) is 24.4 Å². The number of carbonyl (C=O) groups excluding carboxylic acids is 1. The van der Waals surface area contributed by atoms with Gasteiger partial charge in [0.25, 0.3) is 0 Å². The molecule has 2 N–H and O–H groups in total. The molecule has 2 amide bonds. The van der Waals surface area contributed by atoms with Crippen molar-refractivity contribution in [2.24, 2.45) is 0 Å². The van der Waals surface area contributed by atoms with Crippen LogP contribution in [-0.4, -0.2) is 24.3 Å². The van der Waals surface area contributed by atoms with Gasteiger partial charge in [-0.1, -0.05) is 29.8 Å². The van der Waals surface area contributed by atoms with Crippen molar-refractivity contribution in [3.05, 3.63) is 59.5 Å². The molecule has 25 heavy (non-hydrogen) atoms. The molecule has 130 valence electrons.